The maximum Gasteiger partial charge on any atom is 0.401 e. The van der Waals surface area contributed by atoms with Crippen molar-refractivity contribution in [2.75, 3.05) is 18.4 Å². The van der Waals surface area contributed by atoms with Crippen LogP contribution in [0.25, 0.3) is 0 Å². The molecule has 0 fully saturated rings. The van der Waals surface area contributed by atoms with Gasteiger partial charge < -0.3 is 5.32 Å². The summed E-state index contributed by atoms with van der Waals surface area (Å²) < 4.78 is 37.2. The lowest BCUT2D eigenvalue weighted by Gasteiger charge is -2.26. The molecule has 0 radical (unpaired) electrons. The Kier molecular flexibility index (Phi) is 5.33. The molecule has 4 nitrogen and oxygen atoms in total. The Morgan fingerprint density at radius 1 is 1.33 bits per heavy atom. The third-order valence-electron chi connectivity index (χ3n) is 2.25. The number of rotatable bonds is 6. The molecule has 0 atom stereocenters. The van der Waals surface area contributed by atoms with Gasteiger partial charge in [0.05, 0.1) is 13.1 Å². The molecule has 0 amide bonds. The van der Waals surface area contributed by atoms with E-state index in [9.17, 15) is 13.2 Å². The van der Waals surface area contributed by atoms with Crippen molar-refractivity contribution in [2.45, 2.75) is 39.5 Å². The van der Waals surface area contributed by atoms with Gasteiger partial charge in [-0.05, 0) is 20.8 Å². The third kappa shape index (κ3) is 5.18. The minimum atomic E-state index is -4.19. The lowest BCUT2D eigenvalue weighted by atomic mass is 10.3. The minimum absolute atomic E-state index is 0.167. The molecule has 0 saturated heterocycles. The van der Waals surface area contributed by atoms with Crippen LogP contribution in [-0.2, 0) is 6.54 Å². The smallest absolute Gasteiger partial charge is 0.360 e. The van der Waals surface area contributed by atoms with Gasteiger partial charge in [-0.1, -0.05) is 11.3 Å². The molecule has 0 spiro atoms. The van der Waals surface area contributed by atoms with E-state index in [-0.39, 0.29) is 12.6 Å². The summed E-state index contributed by atoms with van der Waals surface area (Å²) in [5, 5.41) is 12.0. The summed E-state index contributed by atoms with van der Waals surface area (Å²) in [7, 11) is 0. The molecule has 0 unspecified atom stereocenters. The van der Waals surface area contributed by atoms with Crippen LogP contribution in [0.15, 0.2) is 0 Å². The van der Waals surface area contributed by atoms with E-state index >= 15 is 0 Å². The minimum Gasteiger partial charge on any atom is -0.360 e. The molecule has 8 heteroatoms. The number of nitrogens with one attached hydrogen (secondary N) is 1. The fourth-order valence-corrected chi connectivity index (χ4v) is 2.20. The zero-order valence-electron chi connectivity index (χ0n) is 10.6. The van der Waals surface area contributed by atoms with Crippen molar-refractivity contribution in [3.63, 3.8) is 0 Å². The average Bonchev–Trinajstić information content (AvgIpc) is 2.63. The predicted molar refractivity (Wildman–Crippen MR) is 65.7 cm³/mol. The Morgan fingerprint density at radius 3 is 2.50 bits per heavy atom. The molecule has 0 aliphatic rings. The quantitative estimate of drug-likeness (QED) is 0.871. The van der Waals surface area contributed by atoms with Crippen molar-refractivity contribution in [1.82, 2.24) is 15.1 Å². The highest BCUT2D eigenvalue weighted by Gasteiger charge is 2.32. The van der Waals surface area contributed by atoms with Crippen molar-refractivity contribution < 1.29 is 13.2 Å². The van der Waals surface area contributed by atoms with Gasteiger partial charge in [-0.15, -0.1) is 10.2 Å². The molecule has 1 aromatic rings. The van der Waals surface area contributed by atoms with Crippen LogP contribution in [0.2, 0.25) is 0 Å². The summed E-state index contributed by atoms with van der Waals surface area (Å²) in [6.45, 7) is 5.34. The SMILES string of the molecule is CCNc1nnc(CN(CC(F)(F)F)C(C)C)s1. The zero-order valence-corrected chi connectivity index (χ0v) is 11.4. The van der Waals surface area contributed by atoms with Crippen LogP contribution in [0.1, 0.15) is 25.8 Å². The van der Waals surface area contributed by atoms with E-state index in [1.54, 1.807) is 13.8 Å². The van der Waals surface area contributed by atoms with E-state index in [1.807, 2.05) is 6.92 Å². The van der Waals surface area contributed by atoms with Gasteiger partial charge in [0.1, 0.15) is 5.01 Å². The second-order valence-corrected chi connectivity index (χ2v) is 5.21. The van der Waals surface area contributed by atoms with Gasteiger partial charge in [-0.25, -0.2) is 0 Å². The topological polar surface area (TPSA) is 41.1 Å². The van der Waals surface area contributed by atoms with Crippen molar-refractivity contribution in [3.8, 4) is 0 Å². The molecule has 0 saturated carbocycles. The summed E-state index contributed by atoms with van der Waals surface area (Å²) in [5.74, 6) is 0. The van der Waals surface area contributed by atoms with Crippen LogP contribution >= 0.6 is 11.3 Å². The highest BCUT2D eigenvalue weighted by Crippen LogP contribution is 2.22. The molecular weight excluding hydrogens is 265 g/mol. The number of halogens is 3. The normalized spacial score (nSPS) is 12.4. The van der Waals surface area contributed by atoms with Crippen LogP contribution in [0.3, 0.4) is 0 Å². The number of aromatic nitrogens is 2. The van der Waals surface area contributed by atoms with Crippen LogP contribution < -0.4 is 5.32 Å². The number of hydrogen-bond acceptors (Lipinski definition) is 5. The van der Waals surface area contributed by atoms with Crippen molar-refractivity contribution >= 4 is 16.5 Å². The first kappa shape index (κ1) is 15.2. The largest absolute Gasteiger partial charge is 0.401 e. The average molecular weight is 282 g/mol. The number of hydrogen-bond donors (Lipinski definition) is 1. The Hall–Kier alpha value is -0.890. The summed E-state index contributed by atoms with van der Waals surface area (Å²) in [5.41, 5.74) is 0. The van der Waals surface area contributed by atoms with E-state index in [2.05, 4.69) is 15.5 Å². The van der Waals surface area contributed by atoms with E-state index in [4.69, 9.17) is 0 Å². The highest BCUT2D eigenvalue weighted by molar-refractivity contribution is 7.15. The molecule has 0 aliphatic carbocycles. The molecule has 0 aromatic carbocycles. The maximum absolute atomic E-state index is 12.4. The van der Waals surface area contributed by atoms with Gasteiger partial charge in [0.2, 0.25) is 5.13 Å². The Labute approximate surface area is 108 Å². The van der Waals surface area contributed by atoms with Crippen LogP contribution in [0.5, 0.6) is 0 Å². The van der Waals surface area contributed by atoms with Crippen molar-refractivity contribution in [3.05, 3.63) is 5.01 Å². The first-order valence-electron chi connectivity index (χ1n) is 5.69. The molecule has 1 aromatic heterocycles. The van der Waals surface area contributed by atoms with E-state index in [0.29, 0.717) is 16.7 Å². The highest BCUT2D eigenvalue weighted by atomic mass is 32.1. The van der Waals surface area contributed by atoms with Gasteiger partial charge in [0.15, 0.2) is 0 Å². The van der Waals surface area contributed by atoms with Crippen LogP contribution in [-0.4, -0.2) is 40.4 Å². The van der Waals surface area contributed by atoms with Gasteiger partial charge in [-0.3, -0.25) is 4.90 Å². The molecule has 1 heterocycles. The van der Waals surface area contributed by atoms with Gasteiger partial charge in [0, 0.05) is 12.6 Å². The van der Waals surface area contributed by atoms with E-state index < -0.39 is 12.7 Å². The fraction of sp³-hybridized carbons (Fsp3) is 0.800. The van der Waals surface area contributed by atoms with Gasteiger partial charge >= 0.3 is 6.18 Å². The molecular formula is C10H17F3N4S. The molecule has 1 N–H and O–H groups in total. The predicted octanol–water partition coefficient (Wildman–Crippen LogP) is 2.74. The number of nitrogens with zero attached hydrogens (tertiary/aromatic N) is 3. The van der Waals surface area contributed by atoms with E-state index in [0.717, 1.165) is 0 Å². The molecule has 0 bridgehead atoms. The first-order valence-corrected chi connectivity index (χ1v) is 6.50. The van der Waals surface area contributed by atoms with Crippen molar-refractivity contribution in [1.29, 1.82) is 0 Å². The molecule has 104 valence electrons. The number of alkyl halides is 3. The number of anilines is 1. The van der Waals surface area contributed by atoms with E-state index in [1.165, 1.54) is 16.2 Å². The van der Waals surface area contributed by atoms with Gasteiger partial charge in [-0.2, -0.15) is 13.2 Å². The second-order valence-electron chi connectivity index (χ2n) is 4.15. The maximum atomic E-state index is 12.4. The Morgan fingerprint density at radius 2 is 2.00 bits per heavy atom. The Balaban J connectivity index is 2.65. The fourth-order valence-electron chi connectivity index (χ4n) is 1.37. The summed E-state index contributed by atoms with van der Waals surface area (Å²) in [6.07, 6.45) is -4.19. The summed E-state index contributed by atoms with van der Waals surface area (Å²) >= 11 is 1.29. The van der Waals surface area contributed by atoms with Crippen LogP contribution in [0.4, 0.5) is 18.3 Å². The third-order valence-corrected chi connectivity index (χ3v) is 3.11. The molecule has 0 aliphatic heterocycles. The monoisotopic (exact) mass is 282 g/mol. The Bertz CT molecular complexity index is 364. The van der Waals surface area contributed by atoms with Gasteiger partial charge in [0.25, 0.3) is 0 Å². The van der Waals surface area contributed by atoms with Crippen molar-refractivity contribution in [2.24, 2.45) is 0 Å². The standard InChI is InChI=1S/C10H17F3N4S/c1-4-14-9-16-15-8(18-9)5-17(7(2)3)6-10(11,12)13/h7H,4-6H2,1-3H3,(H,14,16). The summed E-state index contributed by atoms with van der Waals surface area (Å²) in [4.78, 5) is 1.33. The van der Waals surface area contributed by atoms with Crippen LogP contribution in [0, 0.1) is 0 Å². The lowest BCUT2D eigenvalue weighted by Crippen LogP contribution is -2.38. The summed E-state index contributed by atoms with van der Waals surface area (Å²) in [6, 6.07) is -0.196. The second kappa shape index (κ2) is 6.33. The molecule has 1 rings (SSSR count). The zero-order chi connectivity index (χ0) is 13.8. The molecule has 18 heavy (non-hydrogen) atoms. The lowest BCUT2D eigenvalue weighted by molar-refractivity contribution is -0.150. The first-order chi connectivity index (χ1) is 8.31.